The second kappa shape index (κ2) is 18.6. The molecule has 1 fully saturated rings. The summed E-state index contributed by atoms with van der Waals surface area (Å²) in [6, 6.07) is 15.0. The molecule has 1 saturated heterocycles. The molecule has 298 valence electrons. The fourth-order valence-corrected chi connectivity index (χ4v) is 6.72. The van der Waals surface area contributed by atoms with Gasteiger partial charge in [0.05, 0.1) is 45.5 Å². The van der Waals surface area contributed by atoms with Crippen LogP contribution in [0.5, 0.6) is 11.5 Å². The number of amides is 1. The summed E-state index contributed by atoms with van der Waals surface area (Å²) in [7, 11) is 4.10. The molecule has 0 radical (unpaired) electrons. The van der Waals surface area contributed by atoms with Crippen molar-refractivity contribution in [2.24, 2.45) is 0 Å². The Hall–Kier alpha value is -5.28. The first kappa shape index (κ1) is 41.9. The molecular weight excluding hydrogens is 729 g/mol. The van der Waals surface area contributed by atoms with Crippen LogP contribution in [0.1, 0.15) is 62.3 Å². The number of alkyl halides is 3. The molecule has 5 rings (SSSR count). The van der Waals surface area contributed by atoms with E-state index in [0.29, 0.717) is 36.5 Å². The van der Waals surface area contributed by atoms with Crippen molar-refractivity contribution in [2.45, 2.75) is 58.2 Å². The van der Waals surface area contributed by atoms with Crippen LogP contribution in [0.15, 0.2) is 60.8 Å². The van der Waals surface area contributed by atoms with Crippen molar-refractivity contribution in [3.63, 3.8) is 0 Å². The molecule has 3 aromatic carbocycles. The van der Waals surface area contributed by atoms with E-state index in [2.05, 4.69) is 25.3 Å². The Morgan fingerprint density at radius 3 is 2.30 bits per heavy atom. The largest absolute Gasteiger partial charge is 0.496 e. The number of anilines is 1. The summed E-state index contributed by atoms with van der Waals surface area (Å²) in [4.78, 5) is 31.3. The SMILES string of the molecule is COC(=O)C[C@H](O)CNCc1cc(C(F)(F)F)c(/C=C/c2cccc(-c3cccc(NC(=O)c4cc(OC)c(CN5CC[C@@H](O)C5)cn4)c3C)c2C)cc1OC. The van der Waals surface area contributed by atoms with E-state index in [1.54, 1.807) is 24.4 Å². The van der Waals surface area contributed by atoms with Crippen molar-refractivity contribution >= 4 is 29.7 Å². The number of methoxy groups -OCH3 is 3. The molecule has 56 heavy (non-hydrogen) atoms. The van der Waals surface area contributed by atoms with Crippen LogP contribution in [-0.2, 0) is 28.8 Å². The monoisotopic (exact) mass is 776 g/mol. The lowest BCUT2D eigenvalue weighted by Gasteiger charge is -2.18. The molecule has 1 aliphatic rings. The number of likely N-dealkylation sites (tertiary alicyclic amines) is 1. The molecule has 0 saturated carbocycles. The maximum atomic E-state index is 14.4. The number of rotatable bonds is 15. The predicted molar refractivity (Wildman–Crippen MR) is 207 cm³/mol. The highest BCUT2D eigenvalue weighted by molar-refractivity contribution is 6.04. The maximum Gasteiger partial charge on any atom is 0.417 e. The average Bonchev–Trinajstić information content (AvgIpc) is 3.58. The zero-order valence-electron chi connectivity index (χ0n) is 32.0. The number of halogens is 3. The van der Waals surface area contributed by atoms with Crippen molar-refractivity contribution in [3.05, 3.63) is 105 Å². The molecule has 2 heterocycles. The van der Waals surface area contributed by atoms with Crippen molar-refractivity contribution in [2.75, 3.05) is 46.3 Å². The van der Waals surface area contributed by atoms with Crippen LogP contribution in [0.4, 0.5) is 18.9 Å². The van der Waals surface area contributed by atoms with Crippen molar-refractivity contribution in [3.8, 4) is 22.6 Å². The Morgan fingerprint density at radius 1 is 0.964 bits per heavy atom. The molecule has 2 atom stereocenters. The molecule has 1 aliphatic heterocycles. The number of aromatic nitrogens is 1. The van der Waals surface area contributed by atoms with Crippen LogP contribution in [-0.4, -0.2) is 85.1 Å². The van der Waals surface area contributed by atoms with Crippen molar-refractivity contribution in [1.82, 2.24) is 15.2 Å². The van der Waals surface area contributed by atoms with Gasteiger partial charge in [0, 0.05) is 61.8 Å². The van der Waals surface area contributed by atoms with Gasteiger partial charge in [0.2, 0.25) is 0 Å². The zero-order chi connectivity index (χ0) is 40.6. The highest BCUT2D eigenvalue weighted by Crippen LogP contribution is 2.38. The number of carbonyl (C=O) groups is 2. The molecule has 4 N–H and O–H groups in total. The van der Waals surface area contributed by atoms with Crippen molar-refractivity contribution in [1.29, 1.82) is 0 Å². The number of β-amino-alcohol motifs (C(OH)–C–C–N with tert-alkyl or cyclic N) is 1. The zero-order valence-corrected chi connectivity index (χ0v) is 32.0. The summed E-state index contributed by atoms with van der Waals surface area (Å²) >= 11 is 0. The van der Waals surface area contributed by atoms with Crippen LogP contribution in [0, 0.1) is 13.8 Å². The Balaban J connectivity index is 1.35. The topological polar surface area (TPSA) is 142 Å². The van der Waals surface area contributed by atoms with E-state index in [4.69, 9.17) is 9.47 Å². The molecule has 11 nitrogen and oxygen atoms in total. The second-order valence-electron chi connectivity index (χ2n) is 13.7. The predicted octanol–water partition coefficient (Wildman–Crippen LogP) is 6.40. The molecule has 1 amide bonds. The molecule has 14 heteroatoms. The summed E-state index contributed by atoms with van der Waals surface area (Å²) in [5, 5.41) is 25.8. The third kappa shape index (κ3) is 10.3. The lowest BCUT2D eigenvalue weighted by Crippen LogP contribution is -2.29. The summed E-state index contributed by atoms with van der Waals surface area (Å²) in [6.45, 7) is 5.55. The Labute approximate surface area is 324 Å². The number of esters is 1. The van der Waals surface area contributed by atoms with Gasteiger partial charge in [-0.25, -0.2) is 0 Å². The summed E-state index contributed by atoms with van der Waals surface area (Å²) in [6.07, 6.45) is -1.01. The quantitative estimate of drug-likeness (QED) is 0.0792. The summed E-state index contributed by atoms with van der Waals surface area (Å²) in [5.74, 6) is -0.278. The molecule has 0 bridgehead atoms. The maximum absolute atomic E-state index is 14.4. The minimum Gasteiger partial charge on any atom is -0.496 e. The standard InChI is InChI=1S/C42H47F3N4O7/c1-25-27(12-13-28-17-38(54-3)29(16-35(28)42(43,44)45)20-46-22-32(51)18-40(52)56-5)8-6-9-33(25)34-10-7-11-36(26(34)2)48-41(53)37-19-39(55-4)30(21-47-37)23-49-15-14-31(50)24-49/h6-13,16-17,19,21,31-32,46,50-51H,14-15,18,20,22-24H2,1-5H3,(H,48,53)/b13-12+/t31-,32+/m1/s1. The minimum absolute atomic E-state index is 0.0432. The van der Waals surface area contributed by atoms with Gasteiger partial charge in [-0.2, -0.15) is 13.2 Å². The highest BCUT2D eigenvalue weighted by atomic mass is 19.4. The molecule has 1 aromatic heterocycles. The van der Waals surface area contributed by atoms with Crippen LogP contribution in [0.2, 0.25) is 0 Å². The average molecular weight is 777 g/mol. The van der Waals surface area contributed by atoms with Gasteiger partial charge in [0.25, 0.3) is 5.91 Å². The third-order valence-electron chi connectivity index (χ3n) is 9.81. The molecule has 4 aromatic rings. The fraction of sp³-hybridized carbons (Fsp3) is 0.357. The lowest BCUT2D eigenvalue weighted by atomic mass is 9.92. The van der Waals surface area contributed by atoms with E-state index in [9.17, 15) is 33.0 Å². The Bertz CT molecular complexity index is 2070. The minimum atomic E-state index is -4.68. The van der Waals surface area contributed by atoms with E-state index in [1.807, 2.05) is 44.2 Å². The van der Waals surface area contributed by atoms with Gasteiger partial charge < -0.3 is 35.1 Å². The van der Waals surface area contributed by atoms with Gasteiger partial charge in [-0.1, -0.05) is 42.5 Å². The summed E-state index contributed by atoms with van der Waals surface area (Å²) in [5.41, 5.74) is 4.78. The summed E-state index contributed by atoms with van der Waals surface area (Å²) < 4.78 is 58.7. The van der Waals surface area contributed by atoms with Crippen LogP contribution in [0.25, 0.3) is 23.3 Å². The van der Waals surface area contributed by atoms with Crippen LogP contribution >= 0.6 is 0 Å². The smallest absolute Gasteiger partial charge is 0.417 e. The van der Waals surface area contributed by atoms with Crippen LogP contribution in [0.3, 0.4) is 0 Å². The van der Waals surface area contributed by atoms with E-state index >= 15 is 0 Å². The first-order chi connectivity index (χ1) is 26.7. The second-order valence-corrected chi connectivity index (χ2v) is 13.7. The van der Waals surface area contributed by atoms with Gasteiger partial charge in [-0.3, -0.25) is 19.5 Å². The number of aliphatic hydroxyl groups excluding tert-OH is 2. The lowest BCUT2D eigenvalue weighted by molar-refractivity contribution is -0.142. The van der Waals surface area contributed by atoms with Crippen LogP contribution < -0.4 is 20.1 Å². The number of aliphatic hydroxyl groups is 2. The molecule has 0 spiro atoms. The number of nitrogens with one attached hydrogen (secondary N) is 2. The first-order valence-corrected chi connectivity index (χ1v) is 18.1. The number of carbonyl (C=O) groups excluding carboxylic acids is 2. The van der Waals surface area contributed by atoms with E-state index < -0.39 is 29.7 Å². The highest BCUT2D eigenvalue weighted by Gasteiger charge is 2.34. The van der Waals surface area contributed by atoms with Crippen molar-refractivity contribution < 1.29 is 47.2 Å². The van der Waals surface area contributed by atoms with Gasteiger partial charge in [-0.05, 0) is 71.8 Å². The van der Waals surface area contributed by atoms with E-state index in [1.165, 1.54) is 33.5 Å². The number of nitrogens with zero attached hydrogens (tertiary/aromatic N) is 2. The molecule has 0 unspecified atom stereocenters. The normalized spacial score (nSPS) is 15.2. The van der Waals surface area contributed by atoms with Gasteiger partial charge in [0.1, 0.15) is 17.2 Å². The Morgan fingerprint density at radius 2 is 1.64 bits per heavy atom. The van der Waals surface area contributed by atoms with Gasteiger partial charge in [-0.15, -0.1) is 0 Å². The fourth-order valence-electron chi connectivity index (χ4n) is 6.72. The number of hydrogen-bond donors (Lipinski definition) is 4. The number of benzene rings is 3. The number of ether oxygens (including phenoxy) is 3. The van der Waals surface area contributed by atoms with Gasteiger partial charge in [0.15, 0.2) is 0 Å². The molecule has 0 aliphatic carbocycles. The van der Waals surface area contributed by atoms with E-state index in [0.717, 1.165) is 40.4 Å². The van der Waals surface area contributed by atoms with Gasteiger partial charge >= 0.3 is 12.1 Å². The molecular formula is C42H47F3N4O7. The first-order valence-electron chi connectivity index (χ1n) is 18.1. The van der Waals surface area contributed by atoms with E-state index in [-0.39, 0.29) is 48.2 Å². The number of pyridine rings is 1. The Kier molecular flexibility index (Phi) is 13.9. The third-order valence-corrected chi connectivity index (χ3v) is 9.81. The number of hydrogen-bond acceptors (Lipinski definition) is 10.